The molecule has 0 radical (unpaired) electrons. The molecule has 3 heteroatoms. The van der Waals surface area contributed by atoms with Gasteiger partial charge in [0.1, 0.15) is 0 Å². The molecule has 3 nitrogen and oxygen atoms in total. The van der Waals surface area contributed by atoms with E-state index >= 15 is 0 Å². The lowest BCUT2D eigenvalue weighted by atomic mass is 10.0. The molecule has 1 aliphatic heterocycles. The number of hydrogen-bond donors (Lipinski definition) is 1. The molecule has 0 spiro atoms. The molecular formula is C14H28N2O. The van der Waals surface area contributed by atoms with Gasteiger partial charge >= 0.3 is 0 Å². The van der Waals surface area contributed by atoms with Gasteiger partial charge in [0, 0.05) is 25.7 Å². The highest BCUT2D eigenvalue weighted by atomic mass is 16.5. The zero-order valence-electron chi connectivity index (χ0n) is 11.6. The van der Waals surface area contributed by atoms with Crippen molar-refractivity contribution in [2.24, 2.45) is 5.92 Å². The molecule has 2 rings (SSSR count). The molecule has 1 saturated carbocycles. The lowest BCUT2D eigenvalue weighted by molar-refractivity contribution is -0.0719. The van der Waals surface area contributed by atoms with Gasteiger partial charge in [-0.1, -0.05) is 13.3 Å². The van der Waals surface area contributed by atoms with Crippen LogP contribution in [-0.2, 0) is 4.74 Å². The van der Waals surface area contributed by atoms with E-state index in [0.29, 0.717) is 12.2 Å². The van der Waals surface area contributed by atoms with Gasteiger partial charge in [-0.15, -0.1) is 0 Å². The first-order valence-electron chi connectivity index (χ1n) is 7.30. The lowest BCUT2D eigenvalue weighted by Gasteiger charge is -2.37. The Labute approximate surface area is 106 Å². The molecule has 1 N–H and O–H groups in total. The Bertz CT molecular complexity index is 224. The first-order chi connectivity index (χ1) is 8.19. The quantitative estimate of drug-likeness (QED) is 0.812. The Morgan fingerprint density at radius 2 is 1.88 bits per heavy atom. The maximum atomic E-state index is 5.80. The molecule has 0 bridgehead atoms. The minimum Gasteiger partial charge on any atom is -0.373 e. The van der Waals surface area contributed by atoms with Gasteiger partial charge in [-0.3, -0.25) is 4.90 Å². The normalized spacial score (nSPS) is 39.7. The van der Waals surface area contributed by atoms with Crippen molar-refractivity contribution >= 4 is 0 Å². The minimum atomic E-state index is 0.401. The van der Waals surface area contributed by atoms with Gasteiger partial charge in [-0.2, -0.15) is 0 Å². The van der Waals surface area contributed by atoms with Gasteiger partial charge in [-0.05, 0) is 39.2 Å². The van der Waals surface area contributed by atoms with Gasteiger partial charge < -0.3 is 10.1 Å². The largest absolute Gasteiger partial charge is 0.373 e. The molecule has 2 aliphatic rings. The molecule has 0 aromatic carbocycles. The summed E-state index contributed by atoms with van der Waals surface area (Å²) in [7, 11) is 0. The number of ether oxygens (including phenoxy) is 1. The summed E-state index contributed by atoms with van der Waals surface area (Å²) in [5.41, 5.74) is 0. The predicted molar refractivity (Wildman–Crippen MR) is 71.3 cm³/mol. The molecule has 0 aromatic heterocycles. The molecule has 1 saturated heterocycles. The SMILES string of the molecule is CCNC1CCCC1CN1CC(C)OC(C)C1. The van der Waals surface area contributed by atoms with Crippen molar-refractivity contribution < 1.29 is 4.74 Å². The van der Waals surface area contributed by atoms with Gasteiger partial charge in [0.25, 0.3) is 0 Å². The Morgan fingerprint density at radius 3 is 2.53 bits per heavy atom. The van der Waals surface area contributed by atoms with E-state index in [0.717, 1.165) is 31.6 Å². The van der Waals surface area contributed by atoms with Crippen molar-refractivity contribution in [1.29, 1.82) is 0 Å². The summed E-state index contributed by atoms with van der Waals surface area (Å²) in [5, 5.41) is 3.65. The third kappa shape index (κ3) is 3.67. The van der Waals surface area contributed by atoms with Crippen LogP contribution in [-0.4, -0.2) is 49.3 Å². The predicted octanol–water partition coefficient (Wildman–Crippen LogP) is 1.87. The highest BCUT2D eigenvalue weighted by Gasteiger charge is 2.30. The van der Waals surface area contributed by atoms with E-state index in [2.05, 4.69) is 31.0 Å². The molecule has 2 fully saturated rings. The monoisotopic (exact) mass is 240 g/mol. The zero-order valence-corrected chi connectivity index (χ0v) is 11.6. The van der Waals surface area contributed by atoms with Crippen LogP contribution in [0.25, 0.3) is 0 Å². The number of morpholine rings is 1. The fourth-order valence-corrected chi connectivity index (χ4v) is 3.55. The molecule has 1 heterocycles. The number of hydrogen-bond acceptors (Lipinski definition) is 3. The first-order valence-corrected chi connectivity index (χ1v) is 7.30. The Kier molecular flexibility index (Phi) is 4.83. The minimum absolute atomic E-state index is 0.401. The highest BCUT2D eigenvalue weighted by molar-refractivity contribution is 4.86. The second-order valence-electron chi connectivity index (χ2n) is 5.83. The van der Waals surface area contributed by atoms with E-state index in [9.17, 15) is 0 Å². The fraction of sp³-hybridized carbons (Fsp3) is 1.00. The van der Waals surface area contributed by atoms with Gasteiger partial charge in [-0.25, -0.2) is 0 Å². The number of rotatable bonds is 4. The summed E-state index contributed by atoms with van der Waals surface area (Å²) in [5.74, 6) is 0.854. The fourth-order valence-electron chi connectivity index (χ4n) is 3.55. The van der Waals surface area contributed by atoms with Gasteiger partial charge in [0.15, 0.2) is 0 Å². The van der Waals surface area contributed by atoms with E-state index in [4.69, 9.17) is 4.74 Å². The Balaban J connectivity index is 1.82. The third-order valence-electron chi connectivity index (χ3n) is 4.11. The average Bonchev–Trinajstić information content (AvgIpc) is 2.65. The van der Waals surface area contributed by atoms with E-state index in [1.807, 2.05) is 0 Å². The van der Waals surface area contributed by atoms with Crippen LogP contribution in [0.4, 0.5) is 0 Å². The van der Waals surface area contributed by atoms with Crippen molar-refractivity contribution in [2.45, 2.75) is 58.3 Å². The van der Waals surface area contributed by atoms with Crippen LogP contribution in [0.3, 0.4) is 0 Å². The molecule has 0 aromatic rings. The van der Waals surface area contributed by atoms with Crippen molar-refractivity contribution in [3.8, 4) is 0 Å². The van der Waals surface area contributed by atoms with Crippen molar-refractivity contribution in [1.82, 2.24) is 10.2 Å². The van der Waals surface area contributed by atoms with Crippen molar-refractivity contribution in [2.75, 3.05) is 26.2 Å². The maximum Gasteiger partial charge on any atom is 0.0678 e. The summed E-state index contributed by atoms with van der Waals surface area (Å²) in [4.78, 5) is 2.61. The molecule has 4 unspecified atom stereocenters. The number of nitrogens with one attached hydrogen (secondary N) is 1. The Morgan fingerprint density at radius 1 is 1.18 bits per heavy atom. The number of nitrogens with zero attached hydrogens (tertiary/aromatic N) is 1. The van der Waals surface area contributed by atoms with Gasteiger partial charge in [0.2, 0.25) is 0 Å². The van der Waals surface area contributed by atoms with Crippen LogP contribution >= 0.6 is 0 Å². The van der Waals surface area contributed by atoms with Crippen molar-refractivity contribution in [3.05, 3.63) is 0 Å². The van der Waals surface area contributed by atoms with E-state index < -0.39 is 0 Å². The molecule has 0 amide bonds. The highest BCUT2D eigenvalue weighted by Crippen LogP contribution is 2.27. The average molecular weight is 240 g/mol. The van der Waals surface area contributed by atoms with Crippen LogP contribution in [0.1, 0.15) is 40.0 Å². The topological polar surface area (TPSA) is 24.5 Å². The van der Waals surface area contributed by atoms with Crippen LogP contribution in [0, 0.1) is 5.92 Å². The molecule has 17 heavy (non-hydrogen) atoms. The first kappa shape index (κ1) is 13.3. The van der Waals surface area contributed by atoms with Crippen molar-refractivity contribution in [3.63, 3.8) is 0 Å². The van der Waals surface area contributed by atoms with Crippen LogP contribution in [0.5, 0.6) is 0 Å². The molecule has 100 valence electrons. The van der Waals surface area contributed by atoms with E-state index in [1.54, 1.807) is 0 Å². The summed E-state index contributed by atoms with van der Waals surface area (Å²) >= 11 is 0. The molecule has 4 atom stereocenters. The smallest absolute Gasteiger partial charge is 0.0678 e. The summed E-state index contributed by atoms with van der Waals surface area (Å²) in [6, 6.07) is 0.758. The summed E-state index contributed by atoms with van der Waals surface area (Å²) in [6.07, 6.45) is 4.97. The van der Waals surface area contributed by atoms with E-state index in [1.165, 1.54) is 25.8 Å². The molecular weight excluding hydrogens is 212 g/mol. The summed E-state index contributed by atoms with van der Waals surface area (Å²) in [6.45, 7) is 11.2. The lowest BCUT2D eigenvalue weighted by Crippen LogP contribution is -2.49. The second-order valence-corrected chi connectivity index (χ2v) is 5.83. The maximum absolute atomic E-state index is 5.80. The third-order valence-corrected chi connectivity index (χ3v) is 4.11. The van der Waals surface area contributed by atoms with Crippen LogP contribution in [0.15, 0.2) is 0 Å². The second kappa shape index (κ2) is 6.17. The molecule has 1 aliphatic carbocycles. The van der Waals surface area contributed by atoms with Crippen LogP contribution < -0.4 is 5.32 Å². The Hall–Kier alpha value is -0.120. The standard InChI is InChI=1S/C14H28N2O/c1-4-15-14-7-5-6-13(14)10-16-8-11(2)17-12(3)9-16/h11-15H,4-10H2,1-3H3. The summed E-state index contributed by atoms with van der Waals surface area (Å²) < 4.78 is 5.80. The van der Waals surface area contributed by atoms with Crippen LogP contribution in [0.2, 0.25) is 0 Å². The van der Waals surface area contributed by atoms with E-state index in [-0.39, 0.29) is 0 Å². The zero-order chi connectivity index (χ0) is 12.3. The van der Waals surface area contributed by atoms with Gasteiger partial charge in [0.05, 0.1) is 12.2 Å².